The van der Waals surface area contributed by atoms with E-state index in [4.69, 9.17) is 4.74 Å². The summed E-state index contributed by atoms with van der Waals surface area (Å²) < 4.78 is 5.18. The zero-order chi connectivity index (χ0) is 18.7. The molecule has 0 aliphatic heterocycles. The summed E-state index contributed by atoms with van der Waals surface area (Å²) in [5.74, 6) is -0.440. The average molecular weight is 371 g/mol. The molecule has 2 heterocycles. The highest BCUT2D eigenvalue weighted by Crippen LogP contribution is 2.23. The number of amides is 1. The molecular weight excluding hydrogens is 354 g/mol. The van der Waals surface area contributed by atoms with Gasteiger partial charge in [0.2, 0.25) is 5.75 Å². The number of rotatable bonds is 5. The van der Waals surface area contributed by atoms with Gasteiger partial charge in [0.05, 0.1) is 18.0 Å². The number of carbonyl (C=O) groups excluding carboxylic acids is 1. The molecule has 8 heteroatoms. The van der Waals surface area contributed by atoms with Crippen molar-refractivity contribution in [1.29, 1.82) is 0 Å². The molecule has 3 rings (SSSR count). The van der Waals surface area contributed by atoms with Crippen molar-refractivity contribution in [2.24, 2.45) is 0 Å². The van der Waals surface area contributed by atoms with Gasteiger partial charge in [-0.05, 0) is 36.1 Å². The van der Waals surface area contributed by atoms with E-state index in [-0.39, 0.29) is 17.6 Å². The Balaban J connectivity index is 1.88. The van der Waals surface area contributed by atoms with Crippen molar-refractivity contribution >= 4 is 17.2 Å². The number of methoxy groups -OCH3 is 1. The Bertz CT molecular complexity index is 982. The number of hydrogen-bond acceptors (Lipinski definition) is 6. The van der Waals surface area contributed by atoms with Crippen molar-refractivity contribution in [1.82, 2.24) is 15.3 Å². The van der Waals surface area contributed by atoms with Gasteiger partial charge in [-0.2, -0.15) is 0 Å². The number of ether oxygens (including phenoxy) is 1. The number of nitrogens with zero attached hydrogens (tertiary/aromatic N) is 1. The van der Waals surface area contributed by atoms with Crippen molar-refractivity contribution in [3.05, 3.63) is 63.4 Å². The van der Waals surface area contributed by atoms with Gasteiger partial charge in [0.25, 0.3) is 11.5 Å². The maximum atomic E-state index is 12.6. The number of nitrogens with one attached hydrogen (secondary N) is 2. The average Bonchev–Trinajstić information content (AvgIpc) is 3.18. The van der Waals surface area contributed by atoms with Gasteiger partial charge < -0.3 is 20.1 Å². The minimum atomic E-state index is -0.761. The molecule has 0 aliphatic rings. The highest BCUT2D eigenvalue weighted by Gasteiger charge is 2.21. The predicted octanol–water partition coefficient (Wildman–Crippen LogP) is 2.70. The molecule has 2 aromatic heterocycles. The molecule has 7 nitrogen and oxygen atoms in total. The van der Waals surface area contributed by atoms with E-state index in [2.05, 4.69) is 15.3 Å². The van der Waals surface area contributed by atoms with E-state index < -0.39 is 17.2 Å². The van der Waals surface area contributed by atoms with E-state index in [1.807, 2.05) is 17.5 Å². The van der Waals surface area contributed by atoms with Crippen molar-refractivity contribution in [3.8, 4) is 22.2 Å². The summed E-state index contributed by atoms with van der Waals surface area (Å²) in [7, 11) is 1.56. The lowest BCUT2D eigenvalue weighted by Crippen LogP contribution is -2.29. The minimum Gasteiger partial charge on any atom is -0.501 e. The molecule has 0 saturated heterocycles. The fourth-order valence-corrected chi connectivity index (χ4v) is 3.08. The molecule has 3 aromatic rings. The normalized spacial score (nSPS) is 11.8. The van der Waals surface area contributed by atoms with E-state index in [1.54, 1.807) is 38.3 Å². The van der Waals surface area contributed by atoms with Gasteiger partial charge in [0, 0.05) is 0 Å². The number of H-pyrrole nitrogens is 1. The van der Waals surface area contributed by atoms with E-state index in [0.717, 1.165) is 5.56 Å². The fraction of sp³-hybridized carbons (Fsp3) is 0.167. The second-order valence-corrected chi connectivity index (χ2v) is 6.51. The van der Waals surface area contributed by atoms with Crippen molar-refractivity contribution < 1.29 is 14.6 Å². The van der Waals surface area contributed by atoms with Crippen molar-refractivity contribution in [2.45, 2.75) is 13.0 Å². The molecule has 0 saturated carbocycles. The van der Waals surface area contributed by atoms with E-state index in [0.29, 0.717) is 10.6 Å². The maximum absolute atomic E-state index is 12.6. The van der Waals surface area contributed by atoms with Crippen LogP contribution in [0.4, 0.5) is 0 Å². The van der Waals surface area contributed by atoms with Crippen molar-refractivity contribution in [3.63, 3.8) is 0 Å². The molecule has 1 amide bonds. The second-order valence-electron chi connectivity index (χ2n) is 5.56. The lowest BCUT2D eigenvalue weighted by atomic mass is 10.1. The van der Waals surface area contributed by atoms with Crippen LogP contribution < -0.4 is 15.6 Å². The summed E-state index contributed by atoms with van der Waals surface area (Å²) in [5.41, 5.74) is -0.255. The molecule has 1 aromatic carbocycles. The summed E-state index contributed by atoms with van der Waals surface area (Å²) in [5, 5.41) is 14.5. The fourth-order valence-electron chi connectivity index (χ4n) is 2.41. The first-order valence-electron chi connectivity index (χ1n) is 7.81. The Kier molecular flexibility index (Phi) is 5.04. The smallest absolute Gasteiger partial charge is 0.294 e. The molecule has 134 valence electrons. The van der Waals surface area contributed by atoms with Crippen molar-refractivity contribution in [2.75, 3.05) is 7.11 Å². The molecule has 0 bridgehead atoms. The highest BCUT2D eigenvalue weighted by atomic mass is 32.1. The molecule has 3 N–H and O–H groups in total. The molecule has 0 fully saturated rings. The zero-order valence-corrected chi connectivity index (χ0v) is 15.0. The highest BCUT2D eigenvalue weighted by molar-refractivity contribution is 7.13. The van der Waals surface area contributed by atoms with Crippen LogP contribution in [-0.4, -0.2) is 28.1 Å². The molecule has 0 spiro atoms. The van der Waals surface area contributed by atoms with Gasteiger partial charge in [0.1, 0.15) is 5.75 Å². The molecule has 0 aliphatic carbocycles. The number of aromatic nitrogens is 2. The molecule has 0 unspecified atom stereocenters. The molecule has 26 heavy (non-hydrogen) atoms. The monoisotopic (exact) mass is 371 g/mol. The first-order valence-corrected chi connectivity index (χ1v) is 8.69. The third kappa shape index (κ3) is 3.60. The van der Waals surface area contributed by atoms with Crippen LogP contribution in [0.2, 0.25) is 0 Å². The van der Waals surface area contributed by atoms with E-state index in [9.17, 15) is 14.7 Å². The summed E-state index contributed by atoms with van der Waals surface area (Å²) in [4.78, 5) is 31.8. The number of aromatic amines is 1. The number of hydrogen-bond donors (Lipinski definition) is 3. The number of benzene rings is 1. The van der Waals surface area contributed by atoms with Crippen LogP contribution in [0.25, 0.3) is 10.7 Å². The zero-order valence-electron chi connectivity index (χ0n) is 14.1. The third-order valence-electron chi connectivity index (χ3n) is 3.81. The van der Waals surface area contributed by atoms with Crippen LogP contribution in [-0.2, 0) is 0 Å². The second kappa shape index (κ2) is 7.40. The largest absolute Gasteiger partial charge is 0.501 e. The minimum absolute atomic E-state index is 0.238. The summed E-state index contributed by atoms with van der Waals surface area (Å²) in [6.45, 7) is 1.79. The van der Waals surface area contributed by atoms with Crippen LogP contribution in [0.15, 0.2) is 46.6 Å². The van der Waals surface area contributed by atoms with Gasteiger partial charge in [-0.25, -0.2) is 4.98 Å². The van der Waals surface area contributed by atoms with Gasteiger partial charge in [-0.1, -0.05) is 18.2 Å². The van der Waals surface area contributed by atoms with E-state index in [1.165, 1.54) is 11.3 Å². The standard InChI is InChI=1S/C18H17N3O4S/c1-10(11-5-3-6-12(9-11)25-2)19-17(23)14-15(22)18(24)21-16(20-14)13-7-4-8-26-13/h3-10,22H,1-2H3,(H,19,23)(H,20,21,24)/t10-/m0/s1. The molecule has 0 radical (unpaired) electrons. The topological polar surface area (TPSA) is 104 Å². The van der Waals surface area contributed by atoms with Crippen LogP contribution in [0, 0.1) is 0 Å². The van der Waals surface area contributed by atoms with Gasteiger partial charge in [-0.3, -0.25) is 9.59 Å². The van der Waals surface area contributed by atoms with Gasteiger partial charge in [0.15, 0.2) is 11.5 Å². The number of aromatic hydroxyl groups is 1. The Labute approximate surface area is 153 Å². The van der Waals surface area contributed by atoms with Crippen LogP contribution in [0.3, 0.4) is 0 Å². The number of thiophene rings is 1. The van der Waals surface area contributed by atoms with Crippen LogP contribution >= 0.6 is 11.3 Å². The van der Waals surface area contributed by atoms with Gasteiger partial charge >= 0.3 is 0 Å². The Morgan fingerprint density at radius 1 is 1.35 bits per heavy atom. The quantitative estimate of drug-likeness (QED) is 0.640. The van der Waals surface area contributed by atoms with Gasteiger partial charge in [-0.15, -0.1) is 11.3 Å². The molecular formula is C18H17N3O4S. The van der Waals surface area contributed by atoms with Crippen LogP contribution in [0.1, 0.15) is 29.0 Å². The summed E-state index contributed by atoms with van der Waals surface area (Å²) in [6.07, 6.45) is 0. The Morgan fingerprint density at radius 2 is 2.15 bits per heavy atom. The lowest BCUT2D eigenvalue weighted by Gasteiger charge is -2.15. The SMILES string of the molecule is COc1cccc([C@H](C)NC(=O)c2nc(-c3cccs3)[nH]c(=O)c2O)c1. The molecule has 1 atom stereocenters. The number of carbonyl (C=O) groups is 1. The van der Waals surface area contributed by atoms with E-state index >= 15 is 0 Å². The maximum Gasteiger partial charge on any atom is 0.294 e. The third-order valence-corrected chi connectivity index (χ3v) is 4.68. The first-order chi connectivity index (χ1) is 12.5. The Hall–Kier alpha value is -3.13. The van der Waals surface area contributed by atoms with Crippen LogP contribution in [0.5, 0.6) is 11.5 Å². The first kappa shape index (κ1) is 17.7. The Morgan fingerprint density at radius 3 is 2.85 bits per heavy atom. The summed E-state index contributed by atoms with van der Waals surface area (Å²) in [6, 6.07) is 10.5. The predicted molar refractivity (Wildman–Crippen MR) is 98.7 cm³/mol. The summed E-state index contributed by atoms with van der Waals surface area (Å²) >= 11 is 1.37. The lowest BCUT2D eigenvalue weighted by molar-refractivity contribution is 0.0931.